The first kappa shape index (κ1) is 16.0. The van der Waals surface area contributed by atoms with Gasteiger partial charge in [0.25, 0.3) is 0 Å². The van der Waals surface area contributed by atoms with Crippen molar-refractivity contribution in [1.29, 1.82) is 0 Å². The van der Waals surface area contributed by atoms with E-state index in [1.165, 1.54) is 0 Å². The van der Waals surface area contributed by atoms with Crippen LogP contribution in [0.2, 0.25) is 5.02 Å². The molecule has 0 aliphatic carbocycles. The SMILES string of the molecule is OCc1ccc(-c2cccc(-c3ccc4c(c3)OCCO4)c2Cl)cc1. The van der Waals surface area contributed by atoms with Crippen LogP contribution in [0.5, 0.6) is 11.5 Å². The zero-order valence-electron chi connectivity index (χ0n) is 13.5. The number of benzene rings is 3. The lowest BCUT2D eigenvalue weighted by Crippen LogP contribution is -2.15. The van der Waals surface area contributed by atoms with Gasteiger partial charge >= 0.3 is 0 Å². The lowest BCUT2D eigenvalue weighted by atomic mass is 9.98. The quantitative estimate of drug-likeness (QED) is 0.725. The Kier molecular flexibility index (Phi) is 4.35. The van der Waals surface area contributed by atoms with Gasteiger partial charge in [-0.1, -0.05) is 60.1 Å². The van der Waals surface area contributed by atoms with Gasteiger partial charge in [0, 0.05) is 11.1 Å². The highest BCUT2D eigenvalue weighted by Crippen LogP contribution is 2.40. The Balaban J connectivity index is 1.76. The lowest BCUT2D eigenvalue weighted by Gasteiger charge is -2.19. The molecule has 0 saturated heterocycles. The van der Waals surface area contributed by atoms with Crippen molar-refractivity contribution in [3.63, 3.8) is 0 Å². The minimum atomic E-state index is 0.0330. The van der Waals surface area contributed by atoms with Crippen LogP contribution in [0.1, 0.15) is 5.56 Å². The summed E-state index contributed by atoms with van der Waals surface area (Å²) in [7, 11) is 0. The fourth-order valence-electron chi connectivity index (χ4n) is 2.98. The highest BCUT2D eigenvalue weighted by atomic mass is 35.5. The van der Waals surface area contributed by atoms with Gasteiger partial charge < -0.3 is 14.6 Å². The van der Waals surface area contributed by atoms with E-state index >= 15 is 0 Å². The van der Waals surface area contributed by atoms with E-state index in [0.717, 1.165) is 39.3 Å². The number of aliphatic hydroxyl groups excluding tert-OH is 1. The summed E-state index contributed by atoms with van der Waals surface area (Å²) in [5.74, 6) is 1.51. The van der Waals surface area contributed by atoms with Gasteiger partial charge in [-0.05, 0) is 28.8 Å². The van der Waals surface area contributed by atoms with Crippen LogP contribution in [-0.2, 0) is 6.61 Å². The normalized spacial score (nSPS) is 12.9. The maximum absolute atomic E-state index is 9.20. The molecule has 0 aromatic heterocycles. The van der Waals surface area contributed by atoms with E-state index in [4.69, 9.17) is 21.1 Å². The topological polar surface area (TPSA) is 38.7 Å². The molecule has 1 aliphatic heterocycles. The van der Waals surface area contributed by atoms with Crippen molar-refractivity contribution in [1.82, 2.24) is 0 Å². The number of aliphatic hydroxyl groups is 1. The average Bonchev–Trinajstić information content (AvgIpc) is 2.68. The van der Waals surface area contributed by atoms with Gasteiger partial charge in [-0.2, -0.15) is 0 Å². The first-order valence-electron chi connectivity index (χ1n) is 8.15. The molecule has 0 spiro atoms. The number of fused-ring (bicyclic) bond motifs is 1. The Labute approximate surface area is 151 Å². The van der Waals surface area contributed by atoms with Crippen molar-refractivity contribution in [2.24, 2.45) is 0 Å². The highest BCUT2D eigenvalue weighted by molar-refractivity contribution is 6.36. The second kappa shape index (κ2) is 6.79. The molecule has 4 rings (SSSR count). The molecular weight excluding hydrogens is 336 g/mol. The summed E-state index contributed by atoms with van der Waals surface area (Å²) in [6, 6.07) is 19.6. The molecule has 25 heavy (non-hydrogen) atoms. The van der Waals surface area contributed by atoms with Crippen LogP contribution >= 0.6 is 11.6 Å². The Morgan fingerprint density at radius 1 is 0.800 bits per heavy atom. The zero-order chi connectivity index (χ0) is 17.2. The maximum atomic E-state index is 9.20. The molecule has 1 N–H and O–H groups in total. The predicted molar refractivity (Wildman–Crippen MR) is 99.2 cm³/mol. The van der Waals surface area contributed by atoms with Crippen LogP contribution in [0.25, 0.3) is 22.3 Å². The first-order chi connectivity index (χ1) is 12.3. The van der Waals surface area contributed by atoms with E-state index in [1.54, 1.807) is 0 Å². The summed E-state index contributed by atoms with van der Waals surface area (Å²) in [6.45, 7) is 1.17. The van der Waals surface area contributed by atoms with Crippen LogP contribution in [0.3, 0.4) is 0 Å². The van der Waals surface area contributed by atoms with E-state index in [2.05, 4.69) is 0 Å². The molecule has 0 radical (unpaired) electrons. The van der Waals surface area contributed by atoms with Crippen molar-refractivity contribution in [2.75, 3.05) is 13.2 Å². The van der Waals surface area contributed by atoms with Crippen LogP contribution in [0.15, 0.2) is 60.7 Å². The molecule has 0 atom stereocenters. The van der Waals surface area contributed by atoms with Crippen LogP contribution in [0.4, 0.5) is 0 Å². The highest BCUT2D eigenvalue weighted by Gasteiger charge is 2.15. The Morgan fingerprint density at radius 3 is 2.16 bits per heavy atom. The fraction of sp³-hybridized carbons (Fsp3) is 0.143. The van der Waals surface area contributed by atoms with Gasteiger partial charge in [0.2, 0.25) is 0 Å². The van der Waals surface area contributed by atoms with E-state index in [9.17, 15) is 5.11 Å². The number of rotatable bonds is 3. The Morgan fingerprint density at radius 2 is 1.44 bits per heavy atom. The summed E-state index contributed by atoms with van der Waals surface area (Å²) in [5, 5.41) is 9.89. The molecule has 1 heterocycles. The maximum Gasteiger partial charge on any atom is 0.161 e. The average molecular weight is 353 g/mol. The van der Waals surface area contributed by atoms with Gasteiger partial charge in [0.15, 0.2) is 11.5 Å². The van der Waals surface area contributed by atoms with Crippen LogP contribution in [0, 0.1) is 0 Å². The molecule has 0 fully saturated rings. The molecule has 0 amide bonds. The van der Waals surface area contributed by atoms with Crippen molar-refractivity contribution in [2.45, 2.75) is 6.61 Å². The lowest BCUT2D eigenvalue weighted by molar-refractivity contribution is 0.171. The third kappa shape index (κ3) is 3.09. The van der Waals surface area contributed by atoms with E-state index in [0.29, 0.717) is 18.2 Å². The zero-order valence-corrected chi connectivity index (χ0v) is 14.3. The van der Waals surface area contributed by atoms with Crippen LogP contribution in [-0.4, -0.2) is 18.3 Å². The molecule has 3 aromatic carbocycles. The molecule has 0 unspecified atom stereocenters. The molecule has 3 aromatic rings. The minimum Gasteiger partial charge on any atom is -0.486 e. The summed E-state index contributed by atoms with van der Waals surface area (Å²) >= 11 is 6.71. The molecule has 3 nitrogen and oxygen atoms in total. The first-order valence-corrected chi connectivity index (χ1v) is 8.53. The van der Waals surface area contributed by atoms with Gasteiger partial charge in [0.05, 0.1) is 11.6 Å². The second-order valence-electron chi connectivity index (χ2n) is 5.88. The summed E-state index contributed by atoms with van der Waals surface area (Å²) in [5.41, 5.74) is 4.79. The summed E-state index contributed by atoms with van der Waals surface area (Å²) in [6.07, 6.45) is 0. The summed E-state index contributed by atoms with van der Waals surface area (Å²) in [4.78, 5) is 0. The van der Waals surface area contributed by atoms with Crippen molar-refractivity contribution < 1.29 is 14.6 Å². The van der Waals surface area contributed by atoms with E-state index in [-0.39, 0.29) is 6.61 Å². The largest absolute Gasteiger partial charge is 0.486 e. The van der Waals surface area contributed by atoms with Gasteiger partial charge in [-0.25, -0.2) is 0 Å². The fourth-order valence-corrected chi connectivity index (χ4v) is 3.32. The smallest absolute Gasteiger partial charge is 0.161 e. The summed E-state index contributed by atoms with van der Waals surface area (Å²) < 4.78 is 11.3. The molecule has 4 heteroatoms. The second-order valence-corrected chi connectivity index (χ2v) is 6.26. The number of hydrogen-bond donors (Lipinski definition) is 1. The van der Waals surface area contributed by atoms with Gasteiger partial charge in [-0.3, -0.25) is 0 Å². The number of ether oxygens (including phenoxy) is 2. The number of halogens is 1. The van der Waals surface area contributed by atoms with Gasteiger partial charge in [-0.15, -0.1) is 0 Å². The number of hydrogen-bond acceptors (Lipinski definition) is 3. The van der Waals surface area contributed by atoms with Crippen LogP contribution < -0.4 is 9.47 Å². The molecule has 1 aliphatic rings. The monoisotopic (exact) mass is 352 g/mol. The van der Waals surface area contributed by atoms with Crippen molar-refractivity contribution in [3.8, 4) is 33.8 Å². The third-order valence-corrected chi connectivity index (χ3v) is 4.71. The predicted octanol–water partition coefficient (Wildman–Crippen LogP) is 4.94. The molecule has 126 valence electrons. The molecule has 0 bridgehead atoms. The molecule has 0 saturated carbocycles. The standard InChI is InChI=1S/C21H17ClO3/c22-21-17(15-6-4-14(13-23)5-7-15)2-1-3-18(21)16-8-9-19-20(12-16)25-11-10-24-19/h1-9,12,23H,10-11,13H2. The Bertz CT molecular complexity index is 904. The van der Waals surface area contributed by atoms with Crippen molar-refractivity contribution in [3.05, 3.63) is 71.2 Å². The molecular formula is C21H17ClO3. The third-order valence-electron chi connectivity index (χ3n) is 4.30. The van der Waals surface area contributed by atoms with E-state index < -0.39 is 0 Å². The Hall–Kier alpha value is -2.49. The van der Waals surface area contributed by atoms with Crippen molar-refractivity contribution >= 4 is 11.6 Å². The van der Waals surface area contributed by atoms with E-state index in [1.807, 2.05) is 60.7 Å². The minimum absolute atomic E-state index is 0.0330. The van der Waals surface area contributed by atoms with Gasteiger partial charge in [0.1, 0.15) is 13.2 Å².